The van der Waals surface area contributed by atoms with Crippen LogP contribution in [-0.2, 0) is 10.2 Å². The molecule has 1 amide bonds. The van der Waals surface area contributed by atoms with E-state index in [9.17, 15) is 4.79 Å². The Labute approximate surface area is 163 Å². The van der Waals surface area contributed by atoms with Gasteiger partial charge in [-0.05, 0) is 44.5 Å². The van der Waals surface area contributed by atoms with E-state index in [0.29, 0.717) is 18.0 Å². The van der Waals surface area contributed by atoms with E-state index in [0.717, 1.165) is 44.7 Å². The highest BCUT2D eigenvalue weighted by Crippen LogP contribution is 2.33. The molecule has 1 aliphatic rings. The largest absolute Gasteiger partial charge is 0.493 e. The van der Waals surface area contributed by atoms with Crippen molar-refractivity contribution < 1.29 is 14.3 Å². The van der Waals surface area contributed by atoms with Crippen LogP contribution in [-0.4, -0.2) is 64.3 Å². The number of carbonyl (C=O) groups is 1. The van der Waals surface area contributed by atoms with Crippen LogP contribution < -0.4 is 20.1 Å². The zero-order valence-electron chi connectivity index (χ0n) is 16.3. The number of hydrogen-bond donors (Lipinski definition) is 2. The van der Waals surface area contributed by atoms with E-state index in [-0.39, 0.29) is 18.3 Å². The summed E-state index contributed by atoms with van der Waals surface area (Å²) in [6, 6.07) is 5.63. The lowest BCUT2D eigenvalue weighted by molar-refractivity contribution is -0.125. The third-order valence-corrected chi connectivity index (χ3v) is 4.82. The van der Waals surface area contributed by atoms with Crippen molar-refractivity contribution in [3.63, 3.8) is 0 Å². The van der Waals surface area contributed by atoms with Gasteiger partial charge in [-0.15, -0.1) is 12.4 Å². The number of nitrogens with zero attached hydrogens (tertiary/aromatic N) is 1. The molecule has 7 heteroatoms. The van der Waals surface area contributed by atoms with Gasteiger partial charge in [0, 0.05) is 32.7 Å². The normalized spacial score (nSPS) is 15.1. The summed E-state index contributed by atoms with van der Waals surface area (Å²) < 4.78 is 10.6. The Kier molecular flexibility index (Phi) is 9.19. The molecule has 1 aliphatic heterocycles. The number of ether oxygens (including phenoxy) is 2. The van der Waals surface area contributed by atoms with Crippen molar-refractivity contribution in [3.05, 3.63) is 23.8 Å². The first-order chi connectivity index (χ1) is 12.0. The average molecular weight is 386 g/mol. The fourth-order valence-electron chi connectivity index (χ4n) is 3.02. The fourth-order valence-corrected chi connectivity index (χ4v) is 3.02. The zero-order valence-corrected chi connectivity index (χ0v) is 17.1. The number of benzene rings is 1. The van der Waals surface area contributed by atoms with Crippen molar-refractivity contribution in [2.24, 2.45) is 0 Å². The molecule has 0 atom stereocenters. The monoisotopic (exact) mass is 385 g/mol. The third-order valence-electron chi connectivity index (χ3n) is 4.82. The van der Waals surface area contributed by atoms with Crippen LogP contribution in [0.5, 0.6) is 11.5 Å². The summed E-state index contributed by atoms with van der Waals surface area (Å²) in [5.74, 6) is 1.33. The van der Waals surface area contributed by atoms with Crippen LogP contribution in [0.15, 0.2) is 18.2 Å². The zero-order chi connectivity index (χ0) is 18.3. The van der Waals surface area contributed by atoms with Crippen LogP contribution in [0.25, 0.3) is 0 Å². The molecule has 148 valence electrons. The van der Waals surface area contributed by atoms with Crippen molar-refractivity contribution in [1.82, 2.24) is 15.5 Å². The maximum atomic E-state index is 12.7. The molecule has 0 saturated carbocycles. The van der Waals surface area contributed by atoms with Gasteiger partial charge >= 0.3 is 0 Å². The molecule has 2 N–H and O–H groups in total. The van der Waals surface area contributed by atoms with Gasteiger partial charge in [-0.2, -0.15) is 0 Å². The van der Waals surface area contributed by atoms with E-state index in [4.69, 9.17) is 9.47 Å². The number of piperazine rings is 1. The molecule has 1 saturated heterocycles. The summed E-state index contributed by atoms with van der Waals surface area (Å²) in [7, 11) is 3.21. The number of nitrogens with one attached hydrogen (secondary N) is 2. The number of carbonyl (C=O) groups excluding carboxylic acids is 1. The number of hydrogen-bond acceptors (Lipinski definition) is 5. The smallest absolute Gasteiger partial charge is 0.230 e. The van der Waals surface area contributed by atoms with Gasteiger partial charge in [0.15, 0.2) is 11.5 Å². The Morgan fingerprint density at radius 1 is 1.19 bits per heavy atom. The lowest BCUT2D eigenvalue weighted by Gasteiger charge is -2.28. The minimum Gasteiger partial charge on any atom is -0.493 e. The van der Waals surface area contributed by atoms with E-state index in [1.807, 2.05) is 32.0 Å². The molecule has 6 nitrogen and oxygen atoms in total. The summed E-state index contributed by atoms with van der Waals surface area (Å²) >= 11 is 0. The minimum atomic E-state index is -0.630. The molecular weight excluding hydrogens is 354 g/mol. The number of halogens is 1. The first-order valence-electron chi connectivity index (χ1n) is 8.93. The standard InChI is InChI=1S/C19H31N3O3.ClH/c1-19(2,15-6-7-16(24-3)17(14-15)25-4)18(23)21-8-5-11-22-12-9-20-10-13-22;/h6-7,14,20H,5,8-13H2,1-4H3,(H,21,23);1H. The molecule has 26 heavy (non-hydrogen) atoms. The minimum absolute atomic E-state index is 0. The summed E-state index contributed by atoms with van der Waals surface area (Å²) in [4.78, 5) is 15.1. The van der Waals surface area contributed by atoms with E-state index in [1.165, 1.54) is 0 Å². The topological polar surface area (TPSA) is 62.8 Å². The van der Waals surface area contributed by atoms with Gasteiger partial charge in [-0.1, -0.05) is 6.07 Å². The van der Waals surface area contributed by atoms with Crippen LogP contribution in [0, 0.1) is 0 Å². The van der Waals surface area contributed by atoms with Gasteiger partial charge < -0.3 is 25.0 Å². The Morgan fingerprint density at radius 3 is 2.46 bits per heavy atom. The van der Waals surface area contributed by atoms with E-state index in [1.54, 1.807) is 14.2 Å². The van der Waals surface area contributed by atoms with Gasteiger partial charge in [0.25, 0.3) is 0 Å². The molecule has 2 rings (SSSR count). The SMILES string of the molecule is COc1ccc(C(C)(C)C(=O)NCCCN2CCNCC2)cc1OC.Cl. The van der Waals surface area contributed by atoms with Crippen molar-refractivity contribution >= 4 is 18.3 Å². The Hall–Kier alpha value is -1.50. The molecule has 0 radical (unpaired) electrons. The van der Waals surface area contributed by atoms with Crippen molar-refractivity contribution in [1.29, 1.82) is 0 Å². The second-order valence-corrected chi connectivity index (χ2v) is 6.90. The van der Waals surface area contributed by atoms with Gasteiger partial charge in [0.1, 0.15) is 0 Å². The second-order valence-electron chi connectivity index (χ2n) is 6.90. The number of rotatable bonds is 8. The number of amides is 1. The van der Waals surface area contributed by atoms with Crippen LogP contribution in [0.4, 0.5) is 0 Å². The van der Waals surface area contributed by atoms with Crippen molar-refractivity contribution in [2.45, 2.75) is 25.7 Å². The van der Waals surface area contributed by atoms with Crippen LogP contribution in [0.3, 0.4) is 0 Å². The van der Waals surface area contributed by atoms with Crippen molar-refractivity contribution in [3.8, 4) is 11.5 Å². The molecule has 1 aromatic rings. The molecule has 0 spiro atoms. The Bertz CT molecular complexity index is 575. The Balaban J connectivity index is 0.00000338. The quantitative estimate of drug-likeness (QED) is 0.668. The third kappa shape index (κ3) is 5.76. The van der Waals surface area contributed by atoms with Gasteiger partial charge in [0.2, 0.25) is 5.91 Å². The summed E-state index contributed by atoms with van der Waals surface area (Å²) in [5.41, 5.74) is 0.277. The highest BCUT2D eigenvalue weighted by molar-refractivity contribution is 5.87. The molecule has 0 bridgehead atoms. The highest BCUT2D eigenvalue weighted by atomic mass is 35.5. The predicted octanol–water partition coefficient (Wildman–Crippen LogP) is 1.81. The summed E-state index contributed by atoms with van der Waals surface area (Å²) in [6.07, 6.45) is 0.966. The molecule has 0 unspecified atom stereocenters. The van der Waals surface area contributed by atoms with Gasteiger partial charge in [-0.25, -0.2) is 0 Å². The van der Waals surface area contributed by atoms with Gasteiger partial charge in [0.05, 0.1) is 19.6 Å². The van der Waals surface area contributed by atoms with Crippen molar-refractivity contribution in [2.75, 3.05) is 53.5 Å². The van der Waals surface area contributed by atoms with Crippen LogP contribution in [0.2, 0.25) is 0 Å². The molecule has 0 aromatic heterocycles. The number of methoxy groups -OCH3 is 2. The lowest BCUT2D eigenvalue weighted by atomic mass is 9.83. The van der Waals surface area contributed by atoms with E-state index in [2.05, 4.69) is 15.5 Å². The van der Waals surface area contributed by atoms with Crippen LogP contribution >= 0.6 is 12.4 Å². The summed E-state index contributed by atoms with van der Waals surface area (Å²) in [5, 5.41) is 6.42. The molecule has 0 aliphatic carbocycles. The highest BCUT2D eigenvalue weighted by Gasteiger charge is 2.30. The first kappa shape index (κ1) is 22.5. The molecular formula is C19H32ClN3O3. The summed E-state index contributed by atoms with van der Waals surface area (Å²) in [6.45, 7) is 9.87. The first-order valence-corrected chi connectivity index (χ1v) is 8.93. The average Bonchev–Trinajstić information content (AvgIpc) is 2.65. The van der Waals surface area contributed by atoms with E-state index >= 15 is 0 Å². The fraction of sp³-hybridized carbons (Fsp3) is 0.632. The second kappa shape index (κ2) is 10.6. The maximum Gasteiger partial charge on any atom is 0.230 e. The molecule has 1 fully saturated rings. The predicted molar refractivity (Wildman–Crippen MR) is 107 cm³/mol. The van der Waals surface area contributed by atoms with E-state index < -0.39 is 5.41 Å². The molecule has 1 heterocycles. The molecule has 1 aromatic carbocycles. The van der Waals surface area contributed by atoms with Crippen LogP contribution in [0.1, 0.15) is 25.8 Å². The Morgan fingerprint density at radius 2 is 1.85 bits per heavy atom. The maximum absolute atomic E-state index is 12.7. The van der Waals surface area contributed by atoms with Gasteiger partial charge in [-0.3, -0.25) is 4.79 Å². The lowest BCUT2D eigenvalue weighted by Crippen LogP contribution is -2.45.